The van der Waals surface area contributed by atoms with E-state index in [4.69, 9.17) is 11.6 Å². The fraction of sp³-hybridized carbons (Fsp3) is 0.571. The lowest BCUT2D eigenvalue weighted by molar-refractivity contribution is -0.138. The van der Waals surface area contributed by atoms with Crippen LogP contribution < -0.4 is 4.90 Å². The summed E-state index contributed by atoms with van der Waals surface area (Å²) in [5, 5.41) is 0. The first-order valence-corrected chi connectivity index (χ1v) is 7.03. The van der Waals surface area contributed by atoms with Crippen LogP contribution in [0.3, 0.4) is 0 Å². The Morgan fingerprint density at radius 2 is 2.11 bits per heavy atom. The maximum Gasteiger partial charge on any atom is 0.416 e. The number of nitrogens with zero attached hydrogens (tertiary/aromatic N) is 1. The van der Waals surface area contributed by atoms with Gasteiger partial charge in [-0.1, -0.05) is 13.0 Å². The Labute approximate surface area is 116 Å². The van der Waals surface area contributed by atoms with Crippen LogP contribution in [0.1, 0.15) is 37.3 Å². The number of anilines is 1. The summed E-state index contributed by atoms with van der Waals surface area (Å²) in [5.41, 5.74) is 0.192. The minimum atomic E-state index is -4.35. The van der Waals surface area contributed by atoms with Crippen LogP contribution in [0.4, 0.5) is 18.9 Å². The van der Waals surface area contributed by atoms with Crippen molar-refractivity contribution in [1.29, 1.82) is 0 Å². The van der Waals surface area contributed by atoms with Gasteiger partial charge in [0, 0.05) is 24.2 Å². The van der Waals surface area contributed by atoms with Crippen LogP contribution >= 0.6 is 11.6 Å². The van der Waals surface area contributed by atoms with Gasteiger partial charge in [-0.25, -0.2) is 0 Å². The maximum absolute atomic E-state index is 13.0. The zero-order valence-corrected chi connectivity index (χ0v) is 11.6. The smallest absolute Gasteiger partial charge is 0.369 e. The summed E-state index contributed by atoms with van der Waals surface area (Å²) in [6.07, 6.45) is -1.30. The number of alkyl halides is 4. The van der Waals surface area contributed by atoms with E-state index in [9.17, 15) is 13.2 Å². The second kappa shape index (κ2) is 5.61. The zero-order chi connectivity index (χ0) is 14.0. The van der Waals surface area contributed by atoms with E-state index >= 15 is 0 Å². The number of benzene rings is 1. The van der Waals surface area contributed by atoms with Gasteiger partial charge < -0.3 is 4.90 Å². The van der Waals surface area contributed by atoms with Crippen molar-refractivity contribution in [3.05, 3.63) is 29.3 Å². The SMILES string of the molecule is CCC1CCCN1c1ccc(CCl)c(C(F)(F)F)c1. The average molecular weight is 292 g/mol. The van der Waals surface area contributed by atoms with Crippen molar-refractivity contribution in [2.24, 2.45) is 0 Å². The van der Waals surface area contributed by atoms with Gasteiger partial charge in [0.05, 0.1) is 5.56 Å². The monoisotopic (exact) mass is 291 g/mol. The van der Waals surface area contributed by atoms with Crippen molar-refractivity contribution in [2.75, 3.05) is 11.4 Å². The number of rotatable bonds is 3. The molecular formula is C14H17ClF3N. The normalized spacial score (nSPS) is 20.1. The van der Waals surface area contributed by atoms with Gasteiger partial charge in [-0.05, 0) is 37.0 Å². The first kappa shape index (κ1) is 14.5. The lowest BCUT2D eigenvalue weighted by Crippen LogP contribution is -2.28. The molecule has 0 bridgehead atoms. The van der Waals surface area contributed by atoms with Crippen molar-refractivity contribution in [2.45, 2.75) is 44.3 Å². The molecule has 2 rings (SSSR count). The summed E-state index contributed by atoms with van der Waals surface area (Å²) in [7, 11) is 0. The van der Waals surface area contributed by atoms with Gasteiger partial charge in [0.1, 0.15) is 0 Å². The Balaban J connectivity index is 2.38. The third kappa shape index (κ3) is 2.99. The molecule has 106 valence electrons. The topological polar surface area (TPSA) is 3.24 Å². The molecule has 0 amide bonds. The summed E-state index contributed by atoms with van der Waals surface area (Å²) in [6, 6.07) is 4.84. The second-order valence-corrected chi connectivity index (χ2v) is 5.14. The minimum Gasteiger partial charge on any atom is -0.369 e. The summed E-state index contributed by atoms with van der Waals surface area (Å²) < 4.78 is 39.0. The van der Waals surface area contributed by atoms with Gasteiger partial charge in [-0.3, -0.25) is 0 Å². The first-order chi connectivity index (χ1) is 8.97. The van der Waals surface area contributed by atoms with E-state index in [0.717, 1.165) is 25.8 Å². The molecule has 1 aliphatic heterocycles. The van der Waals surface area contributed by atoms with Crippen molar-refractivity contribution >= 4 is 17.3 Å². The molecular weight excluding hydrogens is 275 g/mol. The molecule has 1 heterocycles. The molecule has 1 aromatic carbocycles. The van der Waals surface area contributed by atoms with Crippen LogP contribution in [0.25, 0.3) is 0 Å². The van der Waals surface area contributed by atoms with Gasteiger partial charge in [-0.15, -0.1) is 11.6 Å². The van der Waals surface area contributed by atoms with E-state index in [-0.39, 0.29) is 11.4 Å². The predicted molar refractivity (Wildman–Crippen MR) is 71.7 cm³/mol. The molecule has 1 saturated heterocycles. The first-order valence-electron chi connectivity index (χ1n) is 6.50. The fourth-order valence-electron chi connectivity index (χ4n) is 2.72. The van der Waals surface area contributed by atoms with Crippen molar-refractivity contribution in [3.8, 4) is 0 Å². The summed E-state index contributed by atoms with van der Waals surface area (Å²) in [5.74, 6) is -0.119. The molecule has 1 aliphatic rings. The van der Waals surface area contributed by atoms with Crippen LogP contribution in [-0.4, -0.2) is 12.6 Å². The zero-order valence-electron chi connectivity index (χ0n) is 10.8. The summed E-state index contributed by atoms with van der Waals surface area (Å²) >= 11 is 5.59. The van der Waals surface area contributed by atoms with E-state index in [1.165, 1.54) is 12.1 Å². The quantitative estimate of drug-likeness (QED) is 0.722. The van der Waals surface area contributed by atoms with Gasteiger partial charge in [0.25, 0.3) is 0 Å². The van der Waals surface area contributed by atoms with Crippen molar-refractivity contribution in [1.82, 2.24) is 0 Å². The second-order valence-electron chi connectivity index (χ2n) is 4.87. The lowest BCUT2D eigenvalue weighted by atomic mass is 10.1. The highest BCUT2D eigenvalue weighted by Crippen LogP contribution is 2.37. The Morgan fingerprint density at radius 3 is 2.68 bits per heavy atom. The number of hydrogen-bond donors (Lipinski definition) is 0. The molecule has 0 spiro atoms. The van der Waals surface area contributed by atoms with Gasteiger partial charge >= 0.3 is 6.18 Å². The van der Waals surface area contributed by atoms with Gasteiger partial charge in [0.2, 0.25) is 0 Å². The Kier molecular flexibility index (Phi) is 4.29. The third-order valence-corrected chi connectivity index (χ3v) is 4.01. The molecule has 5 heteroatoms. The van der Waals surface area contributed by atoms with Crippen molar-refractivity contribution in [3.63, 3.8) is 0 Å². The standard InChI is InChI=1S/C14H17ClF3N/c1-2-11-4-3-7-19(11)12-6-5-10(9-15)13(8-12)14(16,17)18/h5-6,8,11H,2-4,7,9H2,1H3. The maximum atomic E-state index is 13.0. The van der Waals surface area contributed by atoms with Crippen molar-refractivity contribution < 1.29 is 13.2 Å². The molecule has 0 aromatic heterocycles. The fourth-order valence-corrected chi connectivity index (χ4v) is 2.96. The van der Waals surface area contributed by atoms with E-state index in [1.807, 2.05) is 0 Å². The molecule has 1 unspecified atom stereocenters. The predicted octanol–water partition coefficient (Wildman–Crippen LogP) is 4.82. The minimum absolute atomic E-state index is 0.119. The number of halogens is 4. The van der Waals surface area contributed by atoms with Crippen LogP contribution in [0, 0.1) is 0 Å². The van der Waals surface area contributed by atoms with Crippen LogP contribution in [0.15, 0.2) is 18.2 Å². The highest BCUT2D eigenvalue weighted by molar-refractivity contribution is 6.17. The number of hydrogen-bond acceptors (Lipinski definition) is 1. The average Bonchev–Trinajstić information content (AvgIpc) is 2.85. The Hall–Kier alpha value is -0.900. The van der Waals surface area contributed by atoms with E-state index in [0.29, 0.717) is 11.7 Å². The molecule has 1 fully saturated rings. The molecule has 1 atom stereocenters. The largest absolute Gasteiger partial charge is 0.416 e. The van der Waals surface area contributed by atoms with Crippen LogP contribution in [0.5, 0.6) is 0 Å². The molecule has 1 nitrogen and oxygen atoms in total. The lowest BCUT2D eigenvalue weighted by Gasteiger charge is -2.27. The Bertz CT molecular complexity index is 445. The molecule has 0 saturated carbocycles. The van der Waals surface area contributed by atoms with Gasteiger partial charge in [0.15, 0.2) is 0 Å². The summed E-state index contributed by atoms with van der Waals surface area (Å²) in [6.45, 7) is 2.90. The highest BCUT2D eigenvalue weighted by Gasteiger charge is 2.34. The van der Waals surface area contributed by atoms with Crippen LogP contribution in [0.2, 0.25) is 0 Å². The van der Waals surface area contributed by atoms with E-state index < -0.39 is 11.7 Å². The highest BCUT2D eigenvalue weighted by atomic mass is 35.5. The molecule has 0 aliphatic carbocycles. The van der Waals surface area contributed by atoms with E-state index in [1.54, 1.807) is 6.07 Å². The van der Waals surface area contributed by atoms with Gasteiger partial charge in [-0.2, -0.15) is 13.2 Å². The van der Waals surface area contributed by atoms with E-state index in [2.05, 4.69) is 11.8 Å². The molecule has 0 radical (unpaired) electrons. The Morgan fingerprint density at radius 1 is 1.37 bits per heavy atom. The summed E-state index contributed by atoms with van der Waals surface area (Å²) in [4.78, 5) is 2.08. The van der Waals surface area contributed by atoms with Crippen LogP contribution in [-0.2, 0) is 12.1 Å². The third-order valence-electron chi connectivity index (χ3n) is 3.72. The molecule has 0 N–H and O–H groups in total. The molecule has 1 aromatic rings. The molecule has 19 heavy (non-hydrogen) atoms.